The fraction of sp³-hybridized carbons (Fsp3) is 0.400. The van der Waals surface area contributed by atoms with E-state index in [9.17, 15) is 0 Å². The number of benzene rings is 2. The zero-order valence-corrected chi connectivity index (χ0v) is 14.2. The summed E-state index contributed by atoms with van der Waals surface area (Å²) in [5.74, 6) is 2.81. The average Bonchev–Trinajstić information content (AvgIpc) is 2.54. The van der Waals surface area contributed by atoms with E-state index >= 15 is 0 Å². The van der Waals surface area contributed by atoms with Gasteiger partial charge in [0.05, 0.1) is 14.2 Å². The van der Waals surface area contributed by atoms with Crippen molar-refractivity contribution in [1.29, 1.82) is 0 Å². The van der Waals surface area contributed by atoms with Crippen LogP contribution in [0.1, 0.15) is 49.3 Å². The first kappa shape index (κ1) is 16.4. The van der Waals surface area contributed by atoms with E-state index in [0.717, 1.165) is 17.9 Å². The van der Waals surface area contributed by atoms with E-state index in [1.807, 2.05) is 12.1 Å². The van der Waals surface area contributed by atoms with Crippen molar-refractivity contribution in [2.24, 2.45) is 0 Å². The molecule has 0 amide bonds. The third kappa shape index (κ3) is 3.62. The zero-order chi connectivity index (χ0) is 16.1. The van der Waals surface area contributed by atoms with E-state index in [2.05, 4.69) is 51.1 Å². The van der Waals surface area contributed by atoms with Crippen LogP contribution in [0.3, 0.4) is 0 Å². The molecule has 0 heterocycles. The second-order valence-electron chi connectivity index (χ2n) is 6.08. The minimum Gasteiger partial charge on any atom is -0.497 e. The lowest BCUT2D eigenvalue weighted by Crippen LogP contribution is -2.04. The van der Waals surface area contributed by atoms with Crippen molar-refractivity contribution in [1.82, 2.24) is 0 Å². The quantitative estimate of drug-likeness (QED) is 0.732. The summed E-state index contributed by atoms with van der Waals surface area (Å²) in [6.07, 6.45) is 0.955. The molecule has 1 unspecified atom stereocenters. The highest BCUT2D eigenvalue weighted by atomic mass is 16.5. The second kappa shape index (κ2) is 7.35. The maximum atomic E-state index is 5.69. The molecule has 1 atom stereocenters. The molecule has 2 aromatic carbocycles. The Bertz CT molecular complexity index is 617. The Labute approximate surface area is 134 Å². The first-order valence-electron chi connectivity index (χ1n) is 7.86. The van der Waals surface area contributed by atoms with Crippen LogP contribution in [0.15, 0.2) is 42.5 Å². The van der Waals surface area contributed by atoms with Gasteiger partial charge in [-0.2, -0.15) is 0 Å². The predicted molar refractivity (Wildman–Crippen MR) is 92.2 cm³/mol. The lowest BCUT2D eigenvalue weighted by molar-refractivity contribution is 0.401. The van der Waals surface area contributed by atoms with Crippen LogP contribution < -0.4 is 9.47 Å². The molecule has 0 saturated carbocycles. The number of methoxy groups -OCH3 is 2. The van der Waals surface area contributed by atoms with E-state index in [-0.39, 0.29) is 0 Å². The van der Waals surface area contributed by atoms with Crippen LogP contribution in [0, 0.1) is 0 Å². The fourth-order valence-corrected chi connectivity index (χ4v) is 2.86. The maximum Gasteiger partial charge on any atom is 0.125 e. The van der Waals surface area contributed by atoms with Crippen LogP contribution in [0.5, 0.6) is 11.5 Å². The lowest BCUT2D eigenvalue weighted by Gasteiger charge is -2.19. The third-order valence-corrected chi connectivity index (χ3v) is 4.14. The van der Waals surface area contributed by atoms with Crippen LogP contribution in [-0.2, 0) is 6.42 Å². The SMILES string of the molecule is COc1cccc(C(C)Cc2cccc(C(C)C)c2OC)c1. The minimum atomic E-state index is 0.409. The summed E-state index contributed by atoms with van der Waals surface area (Å²) in [7, 11) is 3.47. The van der Waals surface area contributed by atoms with Gasteiger partial charge in [-0.3, -0.25) is 0 Å². The molecule has 0 saturated heterocycles. The second-order valence-corrected chi connectivity index (χ2v) is 6.08. The van der Waals surface area contributed by atoms with Gasteiger partial charge in [0.2, 0.25) is 0 Å². The molecule has 0 aromatic heterocycles. The Morgan fingerprint density at radius 2 is 1.64 bits per heavy atom. The van der Waals surface area contributed by atoms with Crippen molar-refractivity contribution < 1.29 is 9.47 Å². The summed E-state index contributed by atoms with van der Waals surface area (Å²) >= 11 is 0. The third-order valence-electron chi connectivity index (χ3n) is 4.14. The summed E-state index contributed by atoms with van der Waals surface area (Å²) in [5, 5.41) is 0. The largest absolute Gasteiger partial charge is 0.497 e. The number of ether oxygens (including phenoxy) is 2. The summed E-state index contributed by atoms with van der Waals surface area (Å²) < 4.78 is 11.0. The van der Waals surface area contributed by atoms with Crippen molar-refractivity contribution >= 4 is 0 Å². The van der Waals surface area contributed by atoms with E-state index in [4.69, 9.17) is 9.47 Å². The fourth-order valence-electron chi connectivity index (χ4n) is 2.86. The van der Waals surface area contributed by atoms with Crippen molar-refractivity contribution in [3.05, 3.63) is 59.2 Å². The smallest absolute Gasteiger partial charge is 0.125 e. The van der Waals surface area contributed by atoms with Gasteiger partial charge in [0.15, 0.2) is 0 Å². The van der Waals surface area contributed by atoms with Gasteiger partial charge in [0, 0.05) is 0 Å². The van der Waals surface area contributed by atoms with Crippen LogP contribution in [0.25, 0.3) is 0 Å². The topological polar surface area (TPSA) is 18.5 Å². The first-order chi connectivity index (χ1) is 10.6. The Morgan fingerprint density at radius 1 is 0.909 bits per heavy atom. The van der Waals surface area contributed by atoms with Gasteiger partial charge in [0.1, 0.15) is 11.5 Å². The average molecular weight is 298 g/mol. The Hall–Kier alpha value is -1.96. The van der Waals surface area contributed by atoms with Gasteiger partial charge in [0.25, 0.3) is 0 Å². The molecule has 0 radical (unpaired) electrons. The summed E-state index contributed by atoms with van der Waals surface area (Å²) in [5.41, 5.74) is 3.83. The molecule has 0 fully saturated rings. The number of hydrogen-bond acceptors (Lipinski definition) is 2. The first-order valence-corrected chi connectivity index (χ1v) is 7.86. The summed E-state index contributed by atoms with van der Waals surface area (Å²) in [6.45, 7) is 6.65. The molecule has 0 N–H and O–H groups in total. The molecule has 0 bridgehead atoms. The molecule has 22 heavy (non-hydrogen) atoms. The van der Waals surface area contributed by atoms with E-state index in [0.29, 0.717) is 11.8 Å². The van der Waals surface area contributed by atoms with Crippen LogP contribution in [0.2, 0.25) is 0 Å². The minimum absolute atomic E-state index is 0.409. The van der Waals surface area contributed by atoms with Crippen LogP contribution >= 0.6 is 0 Å². The van der Waals surface area contributed by atoms with Crippen LogP contribution in [0.4, 0.5) is 0 Å². The highest BCUT2D eigenvalue weighted by Crippen LogP contribution is 2.33. The van der Waals surface area contributed by atoms with Gasteiger partial charge < -0.3 is 9.47 Å². The number of rotatable bonds is 6. The molecular formula is C20H26O2. The monoisotopic (exact) mass is 298 g/mol. The van der Waals surface area contributed by atoms with Crippen molar-refractivity contribution in [3.63, 3.8) is 0 Å². The van der Waals surface area contributed by atoms with Crippen molar-refractivity contribution in [2.75, 3.05) is 14.2 Å². The highest BCUT2D eigenvalue weighted by Gasteiger charge is 2.15. The molecule has 0 aliphatic rings. The summed E-state index contributed by atoms with van der Waals surface area (Å²) in [6, 6.07) is 14.8. The molecule has 2 aromatic rings. The molecule has 2 nitrogen and oxygen atoms in total. The van der Waals surface area contributed by atoms with E-state index in [1.165, 1.54) is 16.7 Å². The normalized spacial score (nSPS) is 12.3. The Morgan fingerprint density at radius 3 is 2.27 bits per heavy atom. The number of para-hydroxylation sites is 1. The lowest BCUT2D eigenvalue weighted by atomic mass is 9.90. The summed E-state index contributed by atoms with van der Waals surface area (Å²) in [4.78, 5) is 0. The Kier molecular flexibility index (Phi) is 5.48. The zero-order valence-electron chi connectivity index (χ0n) is 14.2. The molecule has 0 aliphatic heterocycles. The van der Waals surface area contributed by atoms with Crippen molar-refractivity contribution in [2.45, 2.75) is 39.0 Å². The maximum absolute atomic E-state index is 5.69. The van der Waals surface area contributed by atoms with Gasteiger partial charge in [-0.25, -0.2) is 0 Å². The van der Waals surface area contributed by atoms with Crippen LogP contribution in [-0.4, -0.2) is 14.2 Å². The van der Waals surface area contributed by atoms with Gasteiger partial charge >= 0.3 is 0 Å². The molecule has 118 valence electrons. The molecule has 0 aliphatic carbocycles. The van der Waals surface area contributed by atoms with Crippen molar-refractivity contribution in [3.8, 4) is 11.5 Å². The van der Waals surface area contributed by atoms with E-state index in [1.54, 1.807) is 14.2 Å². The van der Waals surface area contributed by atoms with Gasteiger partial charge in [-0.15, -0.1) is 0 Å². The van der Waals surface area contributed by atoms with Gasteiger partial charge in [-0.05, 0) is 47.1 Å². The number of hydrogen-bond donors (Lipinski definition) is 0. The van der Waals surface area contributed by atoms with E-state index < -0.39 is 0 Å². The molecule has 2 rings (SSSR count). The molecule has 2 heteroatoms. The highest BCUT2D eigenvalue weighted by molar-refractivity contribution is 5.44. The Balaban J connectivity index is 2.28. The molecule has 0 spiro atoms. The predicted octanol–water partition coefficient (Wildman–Crippen LogP) is 5.17. The van der Waals surface area contributed by atoms with Gasteiger partial charge in [-0.1, -0.05) is 51.1 Å². The molecular weight excluding hydrogens is 272 g/mol. The standard InChI is InChI=1S/C20H26O2/c1-14(2)19-11-7-9-17(20(19)22-5)12-15(3)16-8-6-10-18(13-16)21-4/h6-11,13-15H,12H2,1-5H3.